The van der Waals surface area contributed by atoms with Gasteiger partial charge in [0.25, 0.3) is 0 Å². The van der Waals surface area contributed by atoms with Crippen LogP contribution in [0.1, 0.15) is 101 Å². The maximum atomic E-state index is 14.8. The summed E-state index contributed by atoms with van der Waals surface area (Å²) in [4.78, 5) is 36.1. The number of amides is 2. The molecule has 0 spiro atoms. The molecule has 0 unspecified atom stereocenters. The third-order valence-electron chi connectivity index (χ3n) is 13.3. The first kappa shape index (κ1) is 35.5. The van der Waals surface area contributed by atoms with E-state index in [-0.39, 0.29) is 34.9 Å². The number of aromatic nitrogens is 3. The number of ether oxygens (including phenoxy) is 2. The molecule has 4 saturated carbocycles. The van der Waals surface area contributed by atoms with E-state index in [1.165, 1.54) is 22.6 Å². The first-order valence-corrected chi connectivity index (χ1v) is 20.9. The molecule has 6 fully saturated rings. The molecule has 2 aliphatic heterocycles. The molecule has 10 heteroatoms. The van der Waals surface area contributed by atoms with Gasteiger partial charge in [-0.25, -0.2) is 9.78 Å². The van der Waals surface area contributed by atoms with Gasteiger partial charge in [-0.05, 0) is 147 Å². The molecular formula is C42H55N5O4S. The average molecular weight is 726 g/mol. The van der Waals surface area contributed by atoms with Crippen LogP contribution in [0.25, 0.3) is 11.1 Å². The molecule has 9 rings (SSSR count). The van der Waals surface area contributed by atoms with Crippen molar-refractivity contribution in [1.82, 2.24) is 19.7 Å². The summed E-state index contributed by atoms with van der Waals surface area (Å²) in [6.07, 6.45) is 17.6. The van der Waals surface area contributed by atoms with Crippen molar-refractivity contribution in [3.8, 4) is 16.9 Å². The van der Waals surface area contributed by atoms with E-state index in [1.54, 1.807) is 12.0 Å². The van der Waals surface area contributed by atoms with Gasteiger partial charge < -0.3 is 14.4 Å². The molecule has 4 aliphatic carbocycles. The summed E-state index contributed by atoms with van der Waals surface area (Å²) >= 11 is 2.03. The molecule has 0 radical (unpaired) electrons. The smallest absolute Gasteiger partial charge is 0.410 e. The van der Waals surface area contributed by atoms with Crippen LogP contribution < -0.4 is 9.64 Å². The highest BCUT2D eigenvalue weighted by atomic mass is 32.2. The van der Waals surface area contributed by atoms with Crippen LogP contribution in [0.4, 0.5) is 10.6 Å². The number of likely N-dealkylation sites (tertiary alicyclic amines) is 1. The van der Waals surface area contributed by atoms with Gasteiger partial charge in [-0.1, -0.05) is 19.1 Å². The van der Waals surface area contributed by atoms with Gasteiger partial charge in [0.2, 0.25) is 5.91 Å². The standard InChI is InChI=1S/C42H55N5O4S/c1-29-25-45(26-29)40(49)51-36-7-4-31(5-8-36)39(48)46(38-23-32(10-19-43-38)33-24-44-47(27-33)35-11-20-52-21-12-35)28-41-13-16-42(17-14-41,18-15-41)34-6-9-37(50-3)30(2)22-34/h6,9-10,19,22-24,27,29,31,35-36H,4-5,7-8,11-18,20-21,25-26,28H2,1-3H3. The zero-order valence-electron chi connectivity index (χ0n) is 31.2. The summed E-state index contributed by atoms with van der Waals surface area (Å²) in [6, 6.07) is 11.4. The fourth-order valence-electron chi connectivity index (χ4n) is 9.84. The number of nitrogens with zero attached hydrogens (tertiary/aromatic N) is 5. The number of aryl methyl sites for hydroxylation is 1. The Balaban J connectivity index is 1.01. The van der Waals surface area contributed by atoms with Crippen LogP contribution in [0.2, 0.25) is 0 Å². The molecule has 3 aromatic rings. The normalized spacial score (nSPS) is 27.9. The second-order valence-corrected chi connectivity index (χ2v) is 17.9. The number of rotatable bonds is 9. The van der Waals surface area contributed by atoms with Crippen molar-refractivity contribution in [1.29, 1.82) is 0 Å². The van der Waals surface area contributed by atoms with Crippen molar-refractivity contribution >= 4 is 29.6 Å². The molecule has 2 aromatic heterocycles. The quantitative estimate of drug-likeness (QED) is 0.218. The van der Waals surface area contributed by atoms with Gasteiger partial charge in [-0.3, -0.25) is 14.4 Å². The van der Waals surface area contributed by atoms with Crippen LogP contribution in [-0.4, -0.2) is 76.0 Å². The van der Waals surface area contributed by atoms with Crippen molar-refractivity contribution in [2.45, 2.75) is 108 Å². The summed E-state index contributed by atoms with van der Waals surface area (Å²) < 4.78 is 13.6. The fourth-order valence-corrected chi connectivity index (χ4v) is 10.9. The van der Waals surface area contributed by atoms with E-state index in [2.05, 4.69) is 53.9 Å². The highest BCUT2D eigenvalue weighted by Gasteiger charge is 2.51. The largest absolute Gasteiger partial charge is 0.496 e. The summed E-state index contributed by atoms with van der Waals surface area (Å²) in [5.74, 6) is 4.66. The van der Waals surface area contributed by atoms with Crippen molar-refractivity contribution in [3.63, 3.8) is 0 Å². The van der Waals surface area contributed by atoms with E-state index < -0.39 is 0 Å². The van der Waals surface area contributed by atoms with Gasteiger partial charge in [0.15, 0.2) is 0 Å². The number of carbonyl (C=O) groups excluding carboxylic acids is 2. The van der Waals surface area contributed by atoms with Crippen LogP contribution in [0.3, 0.4) is 0 Å². The third kappa shape index (κ3) is 7.08. The first-order chi connectivity index (χ1) is 25.2. The fraction of sp³-hybridized carbons (Fsp3) is 0.619. The van der Waals surface area contributed by atoms with E-state index in [0.717, 1.165) is 113 Å². The van der Waals surface area contributed by atoms with Crippen molar-refractivity contribution in [2.24, 2.45) is 17.3 Å². The van der Waals surface area contributed by atoms with Crippen molar-refractivity contribution < 1.29 is 19.1 Å². The lowest BCUT2D eigenvalue weighted by molar-refractivity contribution is -0.124. The summed E-state index contributed by atoms with van der Waals surface area (Å²) in [7, 11) is 1.74. The monoisotopic (exact) mass is 725 g/mol. The van der Waals surface area contributed by atoms with E-state index in [4.69, 9.17) is 19.6 Å². The minimum atomic E-state index is -0.198. The molecule has 52 heavy (non-hydrogen) atoms. The second kappa shape index (κ2) is 14.7. The lowest BCUT2D eigenvalue weighted by atomic mass is 9.51. The van der Waals surface area contributed by atoms with E-state index in [1.807, 2.05) is 30.2 Å². The Morgan fingerprint density at radius 2 is 1.67 bits per heavy atom. The third-order valence-corrected chi connectivity index (χ3v) is 14.4. The van der Waals surface area contributed by atoms with Gasteiger partial charge in [-0.2, -0.15) is 16.9 Å². The number of benzene rings is 1. The molecule has 0 N–H and O–H groups in total. The zero-order valence-corrected chi connectivity index (χ0v) is 32.0. The number of hydrogen-bond donors (Lipinski definition) is 0. The van der Waals surface area contributed by atoms with Crippen molar-refractivity contribution in [3.05, 3.63) is 60.0 Å². The van der Waals surface area contributed by atoms with Crippen LogP contribution in [0.15, 0.2) is 48.9 Å². The summed E-state index contributed by atoms with van der Waals surface area (Å²) in [6.45, 7) is 6.54. The van der Waals surface area contributed by atoms with Crippen molar-refractivity contribution in [2.75, 3.05) is 43.1 Å². The maximum absolute atomic E-state index is 14.8. The summed E-state index contributed by atoms with van der Waals surface area (Å²) in [5, 5.41) is 4.78. The van der Waals surface area contributed by atoms with Gasteiger partial charge >= 0.3 is 6.09 Å². The molecule has 6 aliphatic rings. The Kier molecular flexibility index (Phi) is 10.0. The van der Waals surface area contributed by atoms with Gasteiger partial charge in [-0.15, -0.1) is 0 Å². The molecule has 4 heterocycles. The van der Waals surface area contributed by atoms with Crippen LogP contribution in [0, 0.1) is 24.2 Å². The number of pyridine rings is 1. The maximum Gasteiger partial charge on any atom is 0.410 e. The number of hydrogen-bond acceptors (Lipinski definition) is 7. The molecule has 2 bridgehead atoms. The Bertz CT molecular complexity index is 1730. The molecule has 278 valence electrons. The highest BCUT2D eigenvalue weighted by Crippen LogP contribution is 2.58. The lowest BCUT2D eigenvalue weighted by Gasteiger charge is -2.55. The van der Waals surface area contributed by atoms with Gasteiger partial charge in [0, 0.05) is 43.5 Å². The molecule has 2 saturated heterocycles. The van der Waals surface area contributed by atoms with Gasteiger partial charge in [0.1, 0.15) is 17.7 Å². The molecule has 2 amide bonds. The highest BCUT2D eigenvalue weighted by molar-refractivity contribution is 7.99. The Hall–Kier alpha value is -3.53. The Morgan fingerprint density at radius 3 is 2.35 bits per heavy atom. The molecule has 9 nitrogen and oxygen atoms in total. The predicted molar refractivity (Wildman–Crippen MR) is 206 cm³/mol. The van der Waals surface area contributed by atoms with Crippen LogP contribution in [0.5, 0.6) is 5.75 Å². The van der Waals surface area contributed by atoms with E-state index in [9.17, 15) is 9.59 Å². The zero-order chi connectivity index (χ0) is 35.9. The molecule has 0 atom stereocenters. The second-order valence-electron chi connectivity index (χ2n) is 16.7. The number of anilines is 1. The number of fused-ring (bicyclic) bond motifs is 3. The minimum absolute atomic E-state index is 0.0710. The van der Waals surface area contributed by atoms with Crippen LogP contribution >= 0.6 is 11.8 Å². The number of carbonyl (C=O) groups is 2. The SMILES string of the molecule is COc1ccc(C23CCC(CN(C(=O)C4CCC(OC(=O)N5CC(C)C5)CC4)c4cc(-c5cnn(C6CCSCC6)c5)ccn4)(CC2)CC3)cc1C. The minimum Gasteiger partial charge on any atom is -0.496 e. The van der Waals surface area contributed by atoms with Crippen LogP contribution in [-0.2, 0) is 14.9 Å². The summed E-state index contributed by atoms with van der Waals surface area (Å²) in [5.41, 5.74) is 5.03. The average Bonchev–Trinajstić information content (AvgIpc) is 3.68. The molecule has 1 aromatic carbocycles. The molecular weight excluding hydrogens is 671 g/mol. The lowest BCUT2D eigenvalue weighted by Crippen LogP contribution is -2.52. The topological polar surface area (TPSA) is 89.8 Å². The van der Waals surface area contributed by atoms with E-state index in [0.29, 0.717) is 18.5 Å². The van der Waals surface area contributed by atoms with E-state index >= 15 is 0 Å². The Labute approximate surface area is 313 Å². The number of thioether (sulfide) groups is 1. The number of methoxy groups -OCH3 is 1. The Morgan fingerprint density at radius 1 is 0.942 bits per heavy atom. The predicted octanol–water partition coefficient (Wildman–Crippen LogP) is 8.60. The van der Waals surface area contributed by atoms with Gasteiger partial charge in [0.05, 0.1) is 19.3 Å². The first-order valence-electron chi connectivity index (χ1n) is 19.7.